The largest absolute Gasteiger partial charge is 0.395 e. The highest BCUT2D eigenvalue weighted by Crippen LogP contribution is 2.11. The van der Waals surface area contributed by atoms with Gasteiger partial charge in [0.2, 0.25) is 0 Å². The molecular weight excluding hydrogens is 280 g/mol. The van der Waals surface area contributed by atoms with Crippen LogP contribution in [-0.2, 0) is 13.1 Å². The van der Waals surface area contributed by atoms with Crippen LogP contribution in [0.25, 0.3) is 0 Å². The fourth-order valence-electron chi connectivity index (χ4n) is 2.68. The molecule has 1 saturated heterocycles. The van der Waals surface area contributed by atoms with Crippen molar-refractivity contribution in [3.8, 4) is 0 Å². The lowest BCUT2D eigenvalue weighted by Gasteiger charge is -2.38. The summed E-state index contributed by atoms with van der Waals surface area (Å²) < 4.78 is 26.2. The molecule has 1 aromatic rings. The van der Waals surface area contributed by atoms with E-state index in [1.54, 1.807) is 0 Å². The van der Waals surface area contributed by atoms with E-state index in [-0.39, 0.29) is 12.6 Å². The summed E-state index contributed by atoms with van der Waals surface area (Å²) in [5.41, 5.74) is 0. The van der Waals surface area contributed by atoms with Gasteiger partial charge in [0.15, 0.2) is 0 Å². The molecule has 0 aliphatic carbocycles. The molecule has 1 aliphatic rings. The van der Waals surface area contributed by atoms with E-state index in [4.69, 9.17) is 0 Å². The van der Waals surface area contributed by atoms with E-state index in [1.165, 1.54) is 11.0 Å². The number of nitrogens with zero attached hydrogens (tertiary/aromatic N) is 5. The predicted molar refractivity (Wildman–Crippen MR) is 74.0 cm³/mol. The summed E-state index contributed by atoms with van der Waals surface area (Å²) in [4.78, 5) is 8.54. The topological polar surface area (TPSA) is 57.4 Å². The number of aliphatic hydroxyl groups is 1. The van der Waals surface area contributed by atoms with Gasteiger partial charge in [0.25, 0.3) is 6.43 Å². The van der Waals surface area contributed by atoms with Gasteiger partial charge in [-0.1, -0.05) is 6.92 Å². The van der Waals surface area contributed by atoms with Crippen LogP contribution in [0.1, 0.15) is 19.2 Å². The molecule has 1 aliphatic heterocycles. The molecule has 0 saturated carbocycles. The first kappa shape index (κ1) is 16.3. The Morgan fingerprint density at radius 3 is 2.57 bits per heavy atom. The lowest BCUT2D eigenvalue weighted by atomic mass is 10.1. The van der Waals surface area contributed by atoms with Gasteiger partial charge >= 0.3 is 0 Å². The number of alkyl halides is 2. The highest BCUT2D eigenvalue weighted by molar-refractivity contribution is 4.87. The van der Waals surface area contributed by atoms with Crippen molar-refractivity contribution in [1.29, 1.82) is 0 Å². The minimum absolute atomic E-state index is 0.180. The van der Waals surface area contributed by atoms with Crippen LogP contribution in [0.4, 0.5) is 8.78 Å². The predicted octanol–water partition coefficient (Wildman–Crippen LogP) is 0.432. The third-order valence-electron chi connectivity index (χ3n) is 3.98. The van der Waals surface area contributed by atoms with Crippen LogP contribution in [0.2, 0.25) is 0 Å². The van der Waals surface area contributed by atoms with Crippen molar-refractivity contribution in [1.82, 2.24) is 24.6 Å². The van der Waals surface area contributed by atoms with Gasteiger partial charge in [0, 0.05) is 32.2 Å². The molecular formula is C13H23F2N5O. The van der Waals surface area contributed by atoms with Gasteiger partial charge in [-0.05, 0) is 6.42 Å². The highest BCUT2D eigenvalue weighted by atomic mass is 19.3. The smallest absolute Gasteiger partial charge is 0.257 e. The Kier molecular flexibility index (Phi) is 6.01. The number of piperazine rings is 1. The minimum atomic E-state index is -2.42. The molecule has 6 nitrogen and oxygen atoms in total. The molecule has 120 valence electrons. The molecule has 0 bridgehead atoms. The van der Waals surface area contributed by atoms with Crippen molar-refractivity contribution in [3.63, 3.8) is 0 Å². The molecule has 1 aromatic heterocycles. The number of aliphatic hydroxyl groups excluding tert-OH is 1. The van der Waals surface area contributed by atoms with Gasteiger partial charge in [0.05, 0.1) is 13.2 Å². The summed E-state index contributed by atoms with van der Waals surface area (Å²) in [5.74, 6) is 0.581. The maximum Gasteiger partial charge on any atom is 0.257 e. The average molecular weight is 303 g/mol. The van der Waals surface area contributed by atoms with E-state index < -0.39 is 13.0 Å². The standard InChI is InChI=1S/C13H23F2N5O/c1-2-11(9-21)19-5-3-18(4-6-19)8-13-16-10-17-20(13)7-12(14)15/h10-12,21H,2-9H2,1H3. The number of hydrogen-bond acceptors (Lipinski definition) is 5. The second-order valence-corrected chi connectivity index (χ2v) is 5.31. The van der Waals surface area contributed by atoms with E-state index in [1.807, 2.05) is 0 Å². The van der Waals surface area contributed by atoms with Crippen molar-refractivity contribution in [2.45, 2.75) is 38.9 Å². The number of aromatic nitrogens is 3. The number of halogens is 2. The van der Waals surface area contributed by atoms with Gasteiger partial charge in [-0.15, -0.1) is 0 Å². The van der Waals surface area contributed by atoms with Crippen molar-refractivity contribution >= 4 is 0 Å². The second-order valence-electron chi connectivity index (χ2n) is 5.31. The summed E-state index contributed by atoms with van der Waals surface area (Å²) in [5, 5.41) is 13.2. The van der Waals surface area contributed by atoms with E-state index in [9.17, 15) is 13.9 Å². The molecule has 0 spiro atoms. The Labute approximate surface area is 123 Å². The molecule has 2 rings (SSSR count). The van der Waals surface area contributed by atoms with Crippen LogP contribution in [0.3, 0.4) is 0 Å². The average Bonchev–Trinajstić information content (AvgIpc) is 2.88. The summed E-state index contributed by atoms with van der Waals surface area (Å²) in [7, 11) is 0. The zero-order chi connectivity index (χ0) is 15.2. The van der Waals surface area contributed by atoms with Crippen molar-refractivity contribution in [3.05, 3.63) is 12.2 Å². The Hall–Kier alpha value is -1.12. The Bertz CT molecular complexity index is 416. The quantitative estimate of drug-likeness (QED) is 0.792. The number of hydrogen-bond donors (Lipinski definition) is 1. The molecule has 1 fully saturated rings. The second kappa shape index (κ2) is 7.77. The third-order valence-corrected chi connectivity index (χ3v) is 3.98. The van der Waals surface area contributed by atoms with Gasteiger partial charge < -0.3 is 5.11 Å². The zero-order valence-corrected chi connectivity index (χ0v) is 12.3. The monoisotopic (exact) mass is 303 g/mol. The first-order chi connectivity index (χ1) is 10.1. The van der Waals surface area contributed by atoms with Crippen molar-refractivity contribution in [2.75, 3.05) is 32.8 Å². The molecule has 1 N–H and O–H groups in total. The van der Waals surface area contributed by atoms with Crippen LogP contribution in [-0.4, -0.2) is 74.9 Å². The van der Waals surface area contributed by atoms with Crippen molar-refractivity contribution < 1.29 is 13.9 Å². The summed E-state index contributed by atoms with van der Waals surface area (Å²) in [6.45, 7) is 5.83. The van der Waals surface area contributed by atoms with E-state index in [0.29, 0.717) is 12.4 Å². The summed E-state index contributed by atoms with van der Waals surface area (Å²) in [6.07, 6.45) is -0.163. The SMILES string of the molecule is CCC(CO)N1CCN(Cc2ncnn2CC(F)F)CC1. The lowest BCUT2D eigenvalue weighted by molar-refractivity contribution is 0.0583. The van der Waals surface area contributed by atoms with Crippen LogP contribution >= 0.6 is 0 Å². The Balaban J connectivity index is 1.85. The Morgan fingerprint density at radius 1 is 1.29 bits per heavy atom. The zero-order valence-electron chi connectivity index (χ0n) is 12.3. The van der Waals surface area contributed by atoms with Crippen LogP contribution in [0.5, 0.6) is 0 Å². The van der Waals surface area contributed by atoms with Gasteiger partial charge in [-0.25, -0.2) is 18.4 Å². The number of rotatable bonds is 7. The summed E-state index contributed by atoms with van der Waals surface area (Å²) in [6, 6.07) is 0.217. The van der Waals surface area contributed by atoms with Crippen LogP contribution < -0.4 is 0 Å². The fraction of sp³-hybridized carbons (Fsp3) is 0.846. The van der Waals surface area contributed by atoms with Crippen LogP contribution in [0, 0.1) is 0 Å². The van der Waals surface area contributed by atoms with E-state index >= 15 is 0 Å². The minimum Gasteiger partial charge on any atom is -0.395 e. The van der Waals surface area contributed by atoms with Crippen molar-refractivity contribution in [2.24, 2.45) is 0 Å². The van der Waals surface area contributed by atoms with E-state index in [2.05, 4.69) is 26.8 Å². The molecule has 0 aromatic carbocycles. The maximum atomic E-state index is 12.4. The normalized spacial score (nSPS) is 19.3. The maximum absolute atomic E-state index is 12.4. The van der Waals surface area contributed by atoms with Gasteiger partial charge in [0.1, 0.15) is 18.7 Å². The summed E-state index contributed by atoms with van der Waals surface area (Å²) >= 11 is 0. The molecule has 8 heteroatoms. The van der Waals surface area contributed by atoms with E-state index in [0.717, 1.165) is 32.6 Å². The first-order valence-electron chi connectivity index (χ1n) is 7.36. The Morgan fingerprint density at radius 2 is 2.00 bits per heavy atom. The first-order valence-corrected chi connectivity index (χ1v) is 7.36. The third kappa shape index (κ3) is 4.42. The molecule has 1 atom stereocenters. The molecule has 2 heterocycles. The highest BCUT2D eigenvalue weighted by Gasteiger charge is 2.23. The molecule has 1 unspecified atom stereocenters. The van der Waals surface area contributed by atoms with Gasteiger partial charge in [-0.2, -0.15) is 5.10 Å². The van der Waals surface area contributed by atoms with Crippen LogP contribution in [0.15, 0.2) is 6.33 Å². The van der Waals surface area contributed by atoms with Gasteiger partial charge in [-0.3, -0.25) is 9.80 Å². The molecule has 0 radical (unpaired) electrons. The molecule has 0 amide bonds. The lowest BCUT2D eigenvalue weighted by Crippen LogP contribution is -2.51. The molecule has 21 heavy (non-hydrogen) atoms. The fourth-order valence-corrected chi connectivity index (χ4v) is 2.68.